The number of carbonyl (C=O) groups is 1. The van der Waals surface area contributed by atoms with Crippen molar-refractivity contribution in [2.45, 2.75) is 0 Å². The van der Waals surface area contributed by atoms with Crippen molar-refractivity contribution in [3.63, 3.8) is 0 Å². The van der Waals surface area contributed by atoms with Gasteiger partial charge in [0.1, 0.15) is 0 Å². The zero-order valence-corrected chi connectivity index (χ0v) is 10.4. The van der Waals surface area contributed by atoms with E-state index in [9.17, 15) is 14.9 Å². The summed E-state index contributed by atoms with van der Waals surface area (Å²) in [7, 11) is 0. The third-order valence-electron chi connectivity index (χ3n) is 3.24. The fourth-order valence-electron chi connectivity index (χ4n) is 2.27. The molecule has 2 N–H and O–H groups in total. The van der Waals surface area contributed by atoms with Crippen LogP contribution in [0.5, 0.6) is 0 Å². The Balaban J connectivity index is 2.28. The van der Waals surface area contributed by atoms with Crippen molar-refractivity contribution in [3.05, 3.63) is 57.6 Å². The summed E-state index contributed by atoms with van der Waals surface area (Å²) in [5.41, 5.74) is 6.09. The standard InChI is InChI=1S/C14H11N3O3/c18-14-10(8-15-16-14)7-12-11-4-2-1-3-9(11)5-6-13(12)17(19)20/h1-7,15H,8H2,(H,16,18)/b10-7+. The number of rotatable bonds is 2. The first-order valence-electron chi connectivity index (χ1n) is 6.07. The number of hydrazine groups is 1. The lowest BCUT2D eigenvalue weighted by Crippen LogP contribution is -2.25. The van der Waals surface area contributed by atoms with Gasteiger partial charge < -0.3 is 0 Å². The van der Waals surface area contributed by atoms with Crippen molar-refractivity contribution in [1.82, 2.24) is 10.9 Å². The third kappa shape index (κ3) is 2.02. The molecule has 0 atom stereocenters. The molecule has 2 aromatic carbocycles. The molecule has 1 aliphatic heterocycles. The summed E-state index contributed by atoms with van der Waals surface area (Å²) in [6.07, 6.45) is 1.58. The molecule has 1 heterocycles. The highest BCUT2D eigenvalue weighted by atomic mass is 16.6. The molecule has 1 aliphatic rings. The minimum Gasteiger partial charge on any atom is -0.287 e. The highest BCUT2D eigenvalue weighted by Gasteiger charge is 2.20. The van der Waals surface area contributed by atoms with Crippen molar-refractivity contribution in [1.29, 1.82) is 0 Å². The van der Waals surface area contributed by atoms with E-state index in [0.717, 1.165) is 10.8 Å². The lowest BCUT2D eigenvalue weighted by Gasteiger charge is -2.04. The van der Waals surface area contributed by atoms with Crippen LogP contribution in [0.2, 0.25) is 0 Å². The van der Waals surface area contributed by atoms with Crippen LogP contribution in [0.1, 0.15) is 5.56 Å². The van der Waals surface area contributed by atoms with E-state index in [1.54, 1.807) is 12.1 Å². The van der Waals surface area contributed by atoms with Crippen LogP contribution in [-0.4, -0.2) is 17.4 Å². The minimum absolute atomic E-state index is 0.00380. The fourth-order valence-corrected chi connectivity index (χ4v) is 2.27. The van der Waals surface area contributed by atoms with Gasteiger partial charge in [-0.3, -0.25) is 20.3 Å². The summed E-state index contributed by atoms with van der Waals surface area (Å²) in [5, 5.41) is 12.8. The number of carbonyl (C=O) groups excluding carboxylic acids is 1. The lowest BCUT2D eigenvalue weighted by molar-refractivity contribution is -0.384. The number of amides is 1. The molecule has 20 heavy (non-hydrogen) atoms. The fraction of sp³-hybridized carbons (Fsp3) is 0.0714. The van der Waals surface area contributed by atoms with Crippen molar-refractivity contribution >= 4 is 28.4 Å². The Labute approximate surface area is 114 Å². The summed E-state index contributed by atoms with van der Waals surface area (Å²) in [6.45, 7) is 0.346. The molecule has 0 unspecified atom stereocenters. The topological polar surface area (TPSA) is 84.3 Å². The number of fused-ring (bicyclic) bond motifs is 1. The van der Waals surface area contributed by atoms with Crippen LogP contribution in [0, 0.1) is 10.1 Å². The normalized spacial score (nSPS) is 16.6. The Hall–Kier alpha value is -2.73. The van der Waals surface area contributed by atoms with Gasteiger partial charge in [0.05, 0.1) is 10.5 Å². The second kappa shape index (κ2) is 4.75. The molecule has 3 rings (SSSR count). The molecule has 1 amide bonds. The number of nitro benzene ring substituents is 1. The maximum atomic E-state index is 11.6. The van der Waals surface area contributed by atoms with Gasteiger partial charge in [0.2, 0.25) is 0 Å². The minimum atomic E-state index is -0.431. The summed E-state index contributed by atoms with van der Waals surface area (Å²) >= 11 is 0. The van der Waals surface area contributed by atoms with Crippen molar-refractivity contribution in [3.8, 4) is 0 Å². The monoisotopic (exact) mass is 269 g/mol. The zero-order valence-electron chi connectivity index (χ0n) is 10.4. The van der Waals surface area contributed by atoms with Crippen molar-refractivity contribution in [2.24, 2.45) is 0 Å². The number of nitro groups is 1. The van der Waals surface area contributed by atoms with E-state index < -0.39 is 4.92 Å². The quantitative estimate of drug-likeness (QED) is 0.494. The first kappa shape index (κ1) is 12.3. The molecule has 0 saturated carbocycles. The first-order valence-corrected chi connectivity index (χ1v) is 6.07. The van der Waals surface area contributed by atoms with Crippen LogP contribution in [0.4, 0.5) is 5.69 Å². The van der Waals surface area contributed by atoms with E-state index >= 15 is 0 Å². The maximum absolute atomic E-state index is 11.6. The van der Waals surface area contributed by atoms with Gasteiger partial charge >= 0.3 is 0 Å². The molecule has 2 aromatic rings. The number of nitrogens with zero attached hydrogens (tertiary/aromatic N) is 1. The van der Waals surface area contributed by atoms with Crippen LogP contribution in [0.25, 0.3) is 16.8 Å². The van der Waals surface area contributed by atoms with Gasteiger partial charge in [0.25, 0.3) is 11.6 Å². The van der Waals surface area contributed by atoms with Gasteiger partial charge in [-0.2, -0.15) is 0 Å². The van der Waals surface area contributed by atoms with E-state index in [1.165, 1.54) is 6.07 Å². The largest absolute Gasteiger partial charge is 0.287 e. The van der Waals surface area contributed by atoms with E-state index in [4.69, 9.17) is 0 Å². The summed E-state index contributed by atoms with van der Waals surface area (Å²) < 4.78 is 0. The zero-order chi connectivity index (χ0) is 14.1. The van der Waals surface area contributed by atoms with Crippen LogP contribution in [-0.2, 0) is 4.79 Å². The summed E-state index contributed by atoms with van der Waals surface area (Å²) in [5.74, 6) is -0.257. The Morgan fingerprint density at radius 3 is 2.70 bits per heavy atom. The number of nitrogens with one attached hydrogen (secondary N) is 2. The number of benzene rings is 2. The van der Waals surface area contributed by atoms with Crippen molar-refractivity contribution < 1.29 is 9.72 Å². The highest BCUT2D eigenvalue weighted by molar-refractivity contribution is 6.03. The lowest BCUT2D eigenvalue weighted by atomic mass is 10.0. The average Bonchev–Trinajstić information content (AvgIpc) is 2.84. The number of hydrogen-bond donors (Lipinski definition) is 2. The second-order valence-corrected chi connectivity index (χ2v) is 4.45. The molecule has 1 saturated heterocycles. The smallest absolute Gasteiger partial charge is 0.277 e. The van der Waals surface area contributed by atoms with Crippen LogP contribution < -0.4 is 10.9 Å². The van der Waals surface area contributed by atoms with Crippen LogP contribution >= 0.6 is 0 Å². The predicted molar refractivity (Wildman–Crippen MR) is 74.7 cm³/mol. The Morgan fingerprint density at radius 2 is 2.00 bits per heavy atom. The summed E-state index contributed by atoms with van der Waals surface area (Å²) in [6, 6.07) is 10.6. The first-order chi connectivity index (χ1) is 9.66. The molecule has 0 aromatic heterocycles. The molecular formula is C14H11N3O3. The van der Waals surface area contributed by atoms with Crippen molar-refractivity contribution in [2.75, 3.05) is 6.54 Å². The molecule has 0 spiro atoms. The molecule has 0 radical (unpaired) electrons. The van der Waals surface area contributed by atoms with Gasteiger partial charge in [0, 0.05) is 18.2 Å². The summed E-state index contributed by atoms with van der Waals surface area (Å²) in [4.78, 5) is 22.3. The van der Waals surface area contributed by atoms with Gasteiger partial charge in [-0.1, -0.05) is 24.3 Å². The molecule has 100 valence electrons. The Morgan fingerprint density at radius 1 is 1.20 bits per heavy atom. The Bertz CT molecular complexity index is 752. The van der Waals surface area contributed by atoms with E-state index in [0.29, 0.717) is 17.7 Å². The highest BCUT2D eigenvalue weighted by Crippen LogP contribution is 2.30. The molecule has 0 aliphatic carbocycles. The second-order valence-electron chi connectivity index (χ2n) is 4.45. The molecular weight excluding hydrogens is 258 g/mol. The third-order valence-corrected chi connectivity index (χ3v) is 3.24. The van der Waals surface area contributed by atoms with E-state index in [2.05, 4.69) is 10.9 Å². The van der Waals surface area contributed by atoms with Gasteiger partial charge in [-0.25, -0.2) is 5.43 Å². The van der Waals surface area contributed by atoms with Gasteiger partial charge in [-0.15, -0.1) is 0 Å². The molecule has 0 bridgehead atoms. The average molecular weight is 269 g/mol. The number of hydrogen-bond acceptors (Lipinski definition) is 4. The predicted octanol–water partition coefficient (Wildman–Crippen LogP) is 1.77. The van der Waals surface area contributed by atoms with Crippen LogP contribution in [0.3, 0.4) is 0 Å². The van der Waals surface area contributed by atoms with Gasteiger partial charge in [0.15, 0.2) is 0 Å². The van der Waals surface area contributed by atoms with E-state index in [-0.39, 0.29) is 11.6 Å². The van der Waals surface area contributed by atoms with Gasteiger partial charge in [-0.05, 0) is 22.9 Å². The van der Waals surface area contributed by atoms with E-state index in [1.807, 2.05) is 24.3 Å². The van der Waals surface area contributed by atoms with Crippen LogP contribution in [0.15, 0.2) is 42.0 Å². The Kier molecular flexibility index (Phi) is 2.92. The molecule has 1 fully saturated rings. The SMILES string of the molecule is O=C1NNC/C1=C\c1c([N+](=O)[O-])ccc2ccccc12. The molecule has 6 heteroatoms. The maximum Gasteiger partial charge on any atom is 0.277 e. The molecule has 6 nitrogen and oxygen atoms in total.